The van der Waals surface area contributed by atoms with E-state index in [4.69, 9.17) is 0 Å². The number of pyridine rings is 1. The fraction of sp³-hybridized carbons (Fsp3) is 0.174. The third-order valence-electron chi connectivity index (χ3n) is 4.91. The summed E-state index contributed by atoms with van der Waals surface area (Å²) in [6.45, 7) is 1.60. The molecule has 0 saturated carbocycles. The van der Waals surface area contributed by atoms with Gasteiger partial charge in [-0.25, -0.2) is 0 Å². The van der Waals surface area contributed by atoms with Gasteiger partial charge in [-0.1, -0.05) is 18.2 Å². The molecule has 7 heteroatoms. The molecule has 2 heterocycles. The number of halogens is 3. The van der Waals surface area contributed by atoms with E-state index in [0.29, 0.717) is 22.6 Å². The third-order valence-corrected chi connectivity index (χ3v) is 4.91. The van der Waals surface area contributed by atoms with Gasteiger partial charge >= 0.3 is 6.18 Å². The fourth-order valence-corrected chi connectivity index (χ4v) is 3.46. The van der Waals surface area contributed by atoms with E-state index in [-0.39, 0.29) is 17.9 Å². The molecule has 4 nitrogen and oxygen atoms in total. The van der Waals surface area contributed by atoms with Gasteiger partial charge in [0.1, 0.15) is 0 Å². The van der Waals surface area contributed by atoms with E-state index in [9.17, 15) is 18.0 Å². The maximum atomic E-state index is 12.9. The number of nitrogens with one attached hydrogen (secondary N) is 1. The number of benzene rings is 2. The van der Waals surface area contributed by atoms with Crippen molar-refractivity contribution < 1.29 is 18.0 Å². The molecule has 1 aromatic heterocycles. The van der Waals surface area contributed by atoms with Crippen molar-refractivity contribution in [2.24, 2.45) is 4.99 Å². The van der Waals surface area contributed by atoms with Crippen molar-refractivity contribution in [3.63, 3.8) is 0 Å². The molecule has 0 aliphatic carbocycles. The van der Waals surface area contributed by atoms with Crippen LogP contribution in [0.5, 0.6) is 0 Å². The Morgan fingerprint density at radius 2 is 1.73 bits per heavy atom. The summed E-state index contributed by atoms with van der Waals surface area (Å²) in [5.74, 6) is -0.259. The molecule has 1 amide bonds. The van der Waals surface area contributed by atoms with Crippen LogP contribution in [0.25, 0.3) is 11.1 Å². The number of carbonyl (C=O) groups is 1. The van der Waals surface area contributed by atoms with Crippen LogP contribution < -0.4 is 5.32 Å². The molecular weight excluding hydrogens is 391 g/mol. The number of alkyl halides is 3. The quantitative estimate of drug-likeness (QED) is 0.610. The Hall–Kier alpha value is -3.48. The molecule has 1 aliphatic rings. The van der Waals surface area contributed by atoms with Crippen LogP contribution in [0.4, 0.5) is 24.5 Å². The highest BCUT2D eigenvalue weighted by atomic mass is 19.4. The third kappa shape index (κ3) is 4.40. The zero-order valence-electron chi connectivity index (χ0n) is 16.1. The highest BCUT2D eigenvalue weighted by molar-refractivity contribution is 6.17. The van der Waals surface area contributed by atoms with Gasteiger partial charge in [0, 0.05) is 12.4 Å². The molecule has 0 atom stereocenters. The number of aryl methyl sites for hydroxylation is 1. The second-order valence-corrected chi connectivity index (χ2v) is 7.19. The van der Waals surface area contributed by atoms with Crippen LogP contribution in [0.2, 0.25) is 0 Å². The van der Waals surface area contributed by atoms with Gasteiger partial charge in [0.2, 0.25) is 5.91 Å². The topological polar surface area (TPSA) is 54.4 Å². The first kappa shape index (κ1) is 19.8. The van der Waals surface area contributed by atoms with E-state index in [1.54, 1.807) is 25.4 Å². The zero-order chi connectivity index (χ0) is 21.3. The maximum Gasteiger partial charge on any atom is 0.393 e. The van der Waals surface area contributed by atoms with E-state index < -0.39 is 12.6 Å². The number of amides is 1. The number of anilines is 1. The number of hydrogen-bond acceptors (Lipinski definition) is 3. The fourth-order valence-electron chi connectivity index (χ4n) is 3.46. The predicted octanol–water partition coefficient (Wildman–Crippen LogP) is 5.62. The van der Waals surface area contributed by atoms with Gasteiger partial charge in [0.25, 0.3) is 0 Å². The van der Waals surface area contributed by atoms with E-state index in [2.05, 4.69) is 15.3 Å². The summed E-state index contributed by atoms with van der Waals surface area (Å²) in [6, 6.07) is 14.3. The number of nitrogens with zero attached hydrogens (tertiary/aromatic N) is 2. The lowest BCUT2D eigenvalue weighted by Gasteiger charge is -2.13. The van der Waals surface area contributed by atoms with Crippen molar-refractivity contribution in [1.29, 1.82) is 0 Å². The minimum atomic E-state index is -4.32. The highest BCUT2D eigenvalue weighted by Gasteiger charge is 2.29. The van der Waals surface area contributed by atoms with Crippen LogP contribution in [0.1, 0.15) is 23.1 Å². The largest absolute Gasteiger partial charge is 0.393 e. The van der Waals surface area contributed by atoms with Crippen LogP contribution in [-0.2, 0) is 11.2 Å². The minimum Gasteiger partial charge on any atom is -0.324 e. The monoisotopic (exact) mass is 409 g/mol. The lowest BCUT2D eigenvalue weighted by atomic mass is 10.00. The molecule has 1 aliphatic heterocycles. The second-order valence-electron chi connectivity index (χ2n) is 7.19. The van der Waals surface area contributed by atoms with E-state index in [1.807, 2.05) is 36.4 Å². The molecule has 3 aromatic rings. The summed E-state index contributed by atoms with van der Waals surface area (Å²) in [6.07, 6.45) is -1.94. The Morgan fingerprint density at radius 3 is 2.47 bits per heavy atom. The van der Waals surface area contributed by atoms with E-state index in [0.717, 1.165) is 16.7 Å². The normalized spacial score (nSPS) is 13.9. The summed E-state index contributed by atoms with van der Waals surface area (Å²) < 4.78 is 38.8. The molecule has 4 rings (SSSR count). The summed E-state index contributed by atoms with van der Waals surface area (Å²) in [5, 5.41) is 2.76. The van der Waals surface area contributed by atoms with Crippen molar-refractivity contribution >= 4 is 23.0 Å². The summed E-state index contributed by atoms with van der Waals surface area (Å²) in [7, 11) is 0. The number of aromatic nitrogens is 1. The molecule has 30 heavy (non-hydrogen) atoms. The van der Waals surface area contributed by atoms with Crippen LogP contribution >= 0.6 is 0 Å². The van der Waals surface area contributed by atoms with Gasteiger partial charge in [0.15, 0.2) is 0 Å². The molecule has 0 unspecified atom stereocenters. The van der Waals surface area contributed by atoms with Crippen LogP contribution in [0, 0.1) is 6.92 Å². The number of rotatable bonds is 3. The molecule has 0 fully saturated rings. The predicted molar refractivity (Wildman–Crippen MR) is 110 cm³/mol. The average molecular weight is 409 g/mol. The first-order valence-electron chi connectivity index (χ1n) is 9.37. The number of aliphatic imine (C=N–C) groups is 1. The van der Waals surface area contributed by atoms with Gasteiger partial charge in [-0.05, 0) is 65.1 Å². The smallest absolute Gasteiger partial charge is 0.324 e. The molecule has 152 valence electrons. The first-order valence-corrected chi connectivity index (χ1v) is 9.37. The van der Waals surface area contributed by atoms with Gasteiger partial charge in [-0.2, -0.15) is 13.2 Å². The molecular formula is C23H18F3N3O. The van der Waals surface area contributed by atoms with Crippen molar-refractivity contribution in [1.82, 2.24) is 4.98 Å². The summed E-state index contributed by atoms with van der Waals surface area (Å²) in [4.78, 5) is 21.0. The van der Waals surface area contributed by atoms with Crippen LogP contribution in [0.3, 0.4) is 0 Å². The molecule has 0 saturated heterocycles. The minimum absolute atomic E-state index is 0.0299. The standard InChI is InChI=1S/C23H18F3N3O/c1-14-9-20-21(11-18(14)13-23(24,25)26)28-19(12-22(30)29-20)17-4-2-3-16(10-17)15-5-7-27-8-6-15/h2-11H,12-13H2,1H3,(H,29,30). The Bertz CT molecular complexity index is 1140. The highest BCUT2D eigenvalue weighted by Crippen LogP contribution is 2.35. The molecule has 0 spiro atoms. The Kier molecular flexibility index (Phi) is 5.11. The molecule has 0 radical (unpaired) electrons. The Labute approximate surface area is 171 Å². The number of hydrogen-bond donors (Lipinski definition) is 1. The lowest BCUT2D eigenvalue weighted by molar-refractivity contribution is -0.127. The first-order chi connectivity index (χ1) is 14.3. The van der Waals surface area contributed by atoms with E-state index in [1.165, 1.54) is 6.07 Å². The van der Waals surface area contributed by atoms with Gasteiger partial charge in [0.05, 0.1) is 29.9 Å². The van der Waals surface area contributed by atoms with Gasteiger partial charge in [-0.15, -0.1) is 0 Å². The molecule has 0 bridgehead atoms. The van der Waals surface area contributed by atoms with E-state index >= 15 is 0 Å². The van der Waals surface area contributed by atoms with Crippen molar-refractivity contribution in [2.75, 3.05) is 5.32 Å². The van der Waals surface area contributed by atoms with Crippen LogP contribution in [-0.4, -0.2) is 22.8 Å². The van der Waals surface area contributed by atoms with Crippen LogP contribution in [0.15, 0.2) is 65.9 Å². The van der Waals surface area contributed by atoms with Crippen molar-refractivity contribution in [3.8, 4) is 11.1 Å². The van der Waals surface area contributed by atoms with Crippen molar-refractivity contribution in [2.45, 2.75) is 25.9 Å². The Balaban J connectivity index is 1.78. The summed E-state index contributed by atoms with van der Waals surface area (Å²) >= 11 is 0. The molecule has 2 aromatic carbocycles. The number of fused-ring (bicyclic) bond motifs is 1. The average Bonchev–Trinajstić information content (AvgIpc) is 2.86. The van der Waals surface area contributed by atoms with Gasteiger partial charge < -0.3 is 5.32 Å². The SMILES string of the molecule is Cc1cc2c(cc1CC(F)(F)F)N=C(c1cccc(-c3ccncc3)c1)CC(=O)N2. The molecule has 1 N–H and O–H groups in total. The maximum absolute atomic E-state index is 12.9. The lowest BCUT2D eigenvalue weighted by Crippen LogP contribution is -2.15. The summed E-state index contributed by atoms with van der Waals surface area (Å²) in [5.41, 5.74) is 4.50. The Morgan fingerprint density at radius 1 is 1.00 bits per heavy atom. The second kappa shape index (κ2) is 7.74. The number of carbonyl (C=O) groups excluding carboxylic acids is 1. The van der Waals surface area contributed by atoms with Crippen molar-refractivity contribution in [3.05, 3.63) is 77.6 Å². The zero-order valence-corrected chi connectivity index (χ0v) is 16.1. The van der Waals surface area contributed by atoms with Gasteiger partial charge in [-0.3, -0.25) is 14.8 Å².